The largest absolute Gasteiger partial charge is 0.488 e. The minimum Gasteiger partial charge on any atom is -0.488 e. The van der Waals surface area contributed by atoms with Crippen molar-refractivity contribution in [1.29, 1.82) is 0 Å². The lowest BCUT2D eigenvalue weighted by Crippen LogP contribution is -2.49. The van der Waals surface area contributed by atoms with Gasteiger partial charge in [-0.15, -0.1) is 0 Å². The SMILES string of the molecule is CN1CCN(C(=O)[C@H]2CC[C@H](Oc3ccncc3N)CC2)CC1. The summed E-state index contributed by atoms with van der Waals surface area (Å²) < 4.78 is 5.98. The van der Waals surface area contributed by atoms with E-state index in [-0.39, 0.29) is 12.0 Å². The Kier molecular flexibility index (Phi) is 5.00. The molecule has 2 N–H and O–H groups in total. The fraction of sp³-hybridized carbons (Fsp3) is 0.647. The molecule has 0 atom stereocenters. The summed E-state index contributed by atoms with van der Waals surface area (Å²) in [5.74, 6) is 1.20. The second-order valence-electron chi connectivity index (χ2n) is 6.63. The number of pyridine rings is 1. The van der Waals surface area contributed by atoms with Crippen molar-refractivity contribution in [2.24, 2.45) is 5.92 Å². The van der Waals surface area contributed by atoms with Crippen molar-refractivity contribution in [3.05, 3.63) is 18.5 Å². The van der Waals surface area contributed by atoms with E-state index >= 15 is 0 Å². The summed E-state index contributed by atoms with van der Waals surface area (Å²) in [4.78, 5) is 20.9. The second kappa shape index (κ2) is 7.17. The maximum absolute atomic E-state index is 12.6. The number of aromatic nitrogens is 1. The van der Waals surface area contributed by atoms with Crippen LogP contribution < -0.4 is 10.5 Å². The molecule has 1 aromatic rings. The summed E-state index contributed by atoms with van der Waals surface area (Å²) in [5.41, 5.74) is 6.44. The van der Waals surface area contributed by atoms with Gasteiger partial charge in [0.1, 0.15) is 5.75 Å². The monoisotopic (exact) mass is 318 g/mol. The molecule has 0 spiro atoms. The van der Waals surface area contributed by atoms with Gasteiger partial charge in [0.15, 0.2) is 0 Å². The Hall–Kier alpha value is -1.82. The molecule has 1 saturated carbocycles. The van der Waals surface area contributed by atoms with Gasteiger partial charge in [-0.1, -0.05) is 0 Å². The number of carbonyl (C=O) groups is 1. The lowest BCUT2D eigenvalue weighted by atomic mass is 9.86. The molecule has 2 aliphatic rings. The Morgan fingerprint density at radius 3 is 2.57 bits per heavy atom. The van der Waals surface area contributed by atoms with Crippen molar-refractivity contribution in [2.75, 3.05) is 39.0 Å². The predicted octanol–water partition coefficient (Wildman–Crippen LogP) is 1.38. The summed E-state index contributed by atoms with van der Waals surface area (Å²) >= 11 is 0. The summed E-state index contributed by atoms with van der Waals surface area (Å²) in [6, 6.07) is 1.80. The van der Waals surface area contributed by atoms with Crippen LogP contribution >= 0.6 is 0 Å². The molecular weight excluding hydrogens is 292 g/mol. The number of likely N-dealkylation sites (N-methyl/N-ethyl adjacent to an activating group) is 1. The third-order valence-electron chi connectivity index (χ3n) is 4.94. The zero-order valence-corrected chi connectivity index (χ0v) is 13.8. The molecule has 1 aliphatic heterocycles. The Morgan fingerprint density at radius 2 is 1.91 bits per heavy atom. The van der Waals surface area contributed by atoms with Crippen molar-refractivity contribution in [2.45, 2.75) is 31.8 Å². The molecule has 2 fully saturated rings. The molecule has 2 heterocycles. The Balaban J connectivity index is 1.48. The molecule has 1 saturated heterocycles. The maximum atomic E-state index is 12.6. The van der Waals surface area contributed by atoms with Gasteiger partial charge >= 0.3 is 0 Å². The van der Waals surface area contributed by atoms with E-state index in [0.717, 1.165) is 51.9 Å². The van der Waals surface area contributed by atoms with Gasteiger partial charge < -0.3 is 20.3 Å². The van der Waals surface area contributed by atoms with Crippen LogP contribution in [0.25, 0.3) is 0 Å². The lowest BCUT2D eigenvalue weighted by molar-refractivity contribution is -0.138. The zero-order valence-electron chi connectivity index (χ0n) is 13.8. The van der Waals surface area contributed by atoms with E-state index in [2.05, 4.69) is 16.9 Å². The van der Waals surface area contributed by atoms with Crippen molar-refractivity contribution in [3.8, 4) is 5.75 Å². The fourth-order valence-corrected chi connectivity index (χ4v) is 3.39. The zero-order chi connectivity index (χ0) is 16.2. The standard InChI is InChI=1S/C17H26N4O2/c1-20-8-10-21(11-9-20)17(22)13-2-4-14(5-3-13)23-16-6-7-19-12-15(16)18/h6-7,12-14H,2-5,8-11,18H2,1H3/t13-,14-. The predicted molar refractivity (Wildman–Crippen MR) is 89.1 cm³/mol. The van der Waals surface area contributed by atoms with E-state index in [1.165, 1.54) is 0 Å². The molecule has 0 unspecified atom stereocenters. The molecule has 1 amide bonds. The summed E-state index contributed by atoms with van der Waals surface area (Å²) in [6.07, 6.45) is 7.07. The van der Waals surface area contributed by atoms with Gasteiger partial charge in [0.2, 0.25) is 5.91 Å². The molecule has 0 bridgehead atoms. The highest BCUT2D eigenvalue weighted by Crippen LogP contribution is 2.30. The molecule has 6 nitrogen and oxygen atoms in total. The number of piperazine rings is 1. The van der Waals surface area contributed by atoms with Crippen molar-refractivity contribution < 1.29 is 9.53 Å². The van der Waals surface area contributed by atoms with Crippen LogP contribution in [0.3, 0.4) is 0 Å². The lowest BCUT2D eigenvalue weighted by Gasteiger charge is -2.36. The van der Waals surface area contributed by atoms with E-state index in [1.807, 2.05) is 4.90 Å². The van der Waals surface area contributed by atoms with Gasteiger partial charge in [0.05, 0.1) is 18.0 Å². The third kappa shape index (κ3) is 3.93. The topological polar surface area (TPSA) is 71.7 Å². The Bertz CT molecular complexity index is 535. The first kappa shape index (κ1) is 16.1. The van der Waals surface area contributed by atoms with Crippen LogP contribution in [0.1, 0.15) is 25.7 Å². The quantitative estimate of drug-likeness (QED) is 0.911. The maximum Gasteiger partial charge on any atom is 0.225 e. The number of nitrogen functional groups attached to an aromatic ring is 1. The van der Waals surface area contributed by atoms with Crippen molar-refractivity contribution in [1.82, 2.24) is 14.8 Å². The molecular formula is C17H26N4O2. The Labute approximate surface area is 137 Å². The van der Waals surface area contributed by atoms with E-state index in [9.17, 15) is 4.79 Å². The van der Waals surface area contributed by atoms with E-state index < -0.39 is 0 Å². The number of nitrogens with two attached hydrogens (primary N) is 1. The molecule has 1 aromatic heterocycles. The van der Waals surface area contributed by atoms with Gasteiger partial charge in [0, 0.05) is 44.4 Å². The summed E-state index contributed by atoms with van der Waals surface area (Å²) in [6.45, 7) is 3.68. The van der Waals surface area contributed by atoms with E-state index in [0.29, 0.717) is 17.3 Å². The number of nitrogens with zero attached hydrogens (tertiary/aromatic N) is 3. The van der Waals surface area contributed by atoms with Crippen LogP contribution in [0, 0.1) is 5.92 Å². The molecule has 1 aliphatic carbocycles. The van der Waals surface area contributed by atoms with Crippen LogP contribution in [-0.4, -0.2) is 60.0 Å². The number of carbonyl (C=O) groups excluding carboxylic acids is 1. The van der Waals surface area contributed by atoms with Crippen LogP contribution in [-0.2, 0) is 4.79 Å². The van der Waals surface area contributed by atoms with Gasteiger partial charge in [-0.25, -0.2) is 0 Å². The highest BCUT2D eigenvalue weighted by molar-refractivity contribution is 5.79. The third-order valence-corrected chi connectivity index (χ3v) is 4.94. The first-order valence-electron chi connectivity index (χ1n) is 8.47. The number of hydrogen-bond acceptors (Lipinski definition) is 5. The van der Waals surface area contributed by atoms with Crippen LogP contribution in [0.4, 0.5) is 5.69 Å². The van der Waals surface area contributed by atoms with Crippen LogP contribution in [0.2, 0.25) is 0 Å². The number of rotatable bonds is 3. The van der Waals surface area contributed by atoms with Gasteiger partial charge in [0.25, 0.3) is 0 Å². The smallest absolute Gasteiger partial charge is 0.225 e. The number of amides is 1. The van der Waals surface area contributed by atoms with E-state index in [1.54, 1.807) is 18.5 Å². The average molecular weight is 318 g/mol. The summed E-state index contributed by atoms with van der Waals surface area (Å²) in [5, 5.41) is 0. The second-order valence-corrected chi connectivity index (χ2v) is 6.63. The molecule has 3 rings (SSSR count). The van der Waals surface area contributed by atoms with Crippen molar-refractivity contribution >= 4 is 11.6 Å². The first-order chi connectivity index (χ1) is 11.1. The van der Waals surface area contributed by atoms with Crippen LogP contribution in [0.5, 0.6) is 5.75 Å². The first-order valence-corrected chi connectivity index (χ1v) is 8.47. The van der Waals surface area contributed by atoms with E-state index in [4.69, 9.17) is 10.5 Å². The molecule has 23 heavy (non-hydrogen) atoms. The fourth-order valence-electron chi connectivity index (χ4n) is 3.39. The highest BCUT2D eigenvalue weighted by Gasteiger charge is 2.31. The molecule has 0 aromatic carbocycles. The number of hydrogen-bond donors (Lipinski definition) is 1. The highest BCUT2D eigenvalue weighted by atomic mass is 16.5. The minimum absolute atomic E-state index is 0.149. The van der Waals surface area contributed by atoms with Gasteiger partial charge in [-0.3, -0.25) is 9.78 Å². The number of anilines is 1. The van der Waals surface area contributed by atoms with Crippen molar-refractivity contribution in [3.63, 3.8) is 0 Å². The minimum atomic E-state index is 0.149. The molecule has 6 heteroatoms. The van der Waals surface area contributed by atoms with Crippen LogP contribution in [0.15, 0.2) is 18.5 Å². The average Bonchev–Trinajstić information content (AvgIpc) is 2.58. The molecule has 126 valence electrons. The molecule has 0 radical (unpaired) electrons. The number of ether oxygens (including phenoxy) is 1. The van der Waals surface area contributed by atoms with Gasteiger partial charge in [-0.05, 0) is 32.7 Å². The normalized spacial score (nSPS) is 26.0. The summed E-state index contributed by atoms with van der Waals surface area (Å²) in [7, 11) is 2.11. The van der Waals surface area contributed by atoms with Gasteiger partial charge in [-0.2, -0.15) is 0 Å². The Morgan fingerprint density at radius 1 is 1.22 bits per heavy atom.